The van der Waals surface area contributed by atoms with E-state index >= 15 is 0 Å². The van der Waals surface area contributed by atoms with Gasteiger partial charge >= 0.3 is 0 Å². The van der Waals surface area contributed by atoms with Crippen molar-refractivity contribution in [1.29, 1.82) is 0 Å². The molecule has 3 heterocycles. The highest BCUT2D eigenvalue weighted by Crippen LogP contribution is 2.37. The Morgan fingerprint density at radius 3 is 2.71 bits per heavy atom. The summed E-state index contributed by atoms with van der Waals surface area (Å²) in [7, 11) is 3.64. The van der Waals surface area contributed by atoms with Crippen LogP contribution in [0.5, 0.6) is 0 Å². The maximum absolute atomic E-state index is 11.9. The molecule has 5 heteroatoms. The van der Waals surface area contributed by atoms with Crippen molar-refractivity contribution in [1.82, 2.24) is 9.80 Å². The highest BCUT2D eigenvalue weighted by Gasteiger charge is 2.42. The van der Waals surface area contributed by atoms with Crippen molar-refractivity contribution in [3.05, 3.63) is 0 Å². The average Bonchev–Trinajstić information content (AvgIpc) is 2.90. The molecule has 0 unspecified atom stereocenters. The monoisotopic (exact) mass is 296 g/mol. The Hall–Kier alpha value is -0.650. The lowest BCUT2D eigenvalue weighted by Crippen LogP contribution is -2.48. The van der Waals surface area contributed by atoms with Crippen LogP contribution in [0.2, 0.25) is 0 Å². The molecule has 0 saturated carbocycles. The van der Waals surface area contributed by atoms with E-state index in [9.17, 15) is 4.79 Å². The minimum absolute atomic E-state index is 0.140. The van der Waals surface area contributed by atoms with Gasteiger partial charge in [0.05, 0.1) is 19.1 Å². The van der Waals surface area contributed by atoms with Crippen LogP contribution in [-0.4, -0.2) is 74.9 Å². The van der Waals surface area contributed by atoms with Crippen LogP contribution in [0.25, 0.3) is 0 Å². The third-order valence-electron chi connectivity index (χ3n) is 5.41. The second kappa shape index (κ2) is 6.63. The van der Waals surface area contributed by atoms with Gasteiger partial charge in [0.2, 0.25) is 5.91 Å². The molecule has 3 aliphatic rings. The third-order valence-corrected chi connectivity index (χ3v) is 5.41. The van der Waals surface area contributed by atoms with Crippen molar-refractivity contribution < 1.29 is 14.3 Å². The van der Waals surface area contributed by atoms with Crippen LogP contribution in [0.4, 0.5) is 0 Å². The first kappa shape index (κ1) is 15.3. The molecule has 21 heavy (non-hydrogen) atoms. The lowest BCUT2D eigenvalue weighted by molar-refractivity contribution is -0.131. The van der Waals surface area contributed by atoms with E-state index in [1.54, 1.807) is 4.90 Å². The van der Waals surface area contributed by atoms with Gasteiger partial charge in [-0.05, 0) is 31.7 Å². The van der Waals surface area contributed by atoms with Gasteiger partial charge < -0.3 is 14.4 Å². The van der Waals surface area contributed by atoms with Gasteiger partial charge in [-0.1, -0.05) is 0 Å². The molecular formula is C16H28N2O3. The highest BCUT2D eigenvalue weighted by atomic mass is 16.5. The molecule has 0 aromatic heterocycles. The van der Waals surface area contributed by atoms with Gasteiger partial charge in [0.25, 0.3) is 0 Å². The van der Waals surface area contributed by atoms with Crippen molar-refractivity contribution in [3.8, 4) is 0 Å². The second-order valence-electron chi connectivity index (χ2n) is 6.92. The fraction of sp³-hybridized carbons (Fsp3) is 0.938. The van der Waals surface area contributed by atoms with Gasteiger partial charge in [-0.15, -0.1) is 0 Å². The molecule has 5 nitrogen and oxygen atoms in total. The molecule has 3 fully saturated rings. The number of rotatable bonds is 3. The summed E-state index contributed by atoms with van der Waals surface area (Å²) < 4.78 is 11.4. The summed E-state index contributed by atoms with van der Waals surface area (Å²) in [6.45, 7) is 4.94. The summed E-state index contributed by atoms with van der Waals surface area (Å²) in [5, 5.41) is 0. The first-order valence-corrected chi connectivity index (χ1v) is 8.28. The van der Waals surface area contributed by atoms with E-state index in [1.165, 1.54) is 19.3 Å². The molecular weight excluding hydrogens is 268 g/mol. The summed E-state index contributed by atoms with van der Waals surface area (Å²) in [4.78, 5) is 16.2. The topological polar surface area (TPSA) is 42.0 Å². The van der Waals surface area contributed by atoms with Crippen molar-refractivity contribution in [2.45, 2.75) is 37.8 Å². The predicted molar refractivity (Wildman–Crippen MR) is 80.1 cm³/mol. The number of carbonyl (C=O) groups is 1. The van der Waals surface area contributed by atoms with Crippen LogP contribution in [0.3, 0.4) is 0 Å². The molecule has 0 bridgehead atoms. The SMILES string of the molecule is CN(C)C(=O)C[C@H]1OC[C@H]2CN(C3CCOCC3)CC[C@H]21. The van der Waals surface area contributed by atoms with Crippen LogP contribution in [0.15, 0.2) is 0 Å². The van der Waals surface area contributed by atoms with E-state index in [2.05, 4.69) is 4.90 Å². The molecule has 0 spiro atoms. The molecule has 0 N–H and O–H groups in total. The van der Waals surface area contributed by atoms with Crippen LogP contribution in [0.1, 0.15) is 25.7 Å². The number of hydrogen-bond acceptors (Lipinski definition) is 4. The van der Waals surface area contributed by atoms with Crippen LogP contribution >= 0.6 is 0 Å². The summed E-state index contributed by atoms with van der Waals surface area (Å²) in [5.41, 5.74) is 0. The number of ether oxygens (including phenoxy) is 2. The molecule has 3 saturated heterocycles. The van der Waals surface area contributed by atoms with Gasteiger partial charge in [0, 0.05) is 45.8 Å². The number of nitrogens with zero attached hydrogens (tertiary/aromatic N) is 2. The Morgan fingerprint density at radius 2 is 2.00 bits per heavy atom. The Balaban J connectivity index is 1.53. The molecule has 120 valence electrons. The minimum Gasteiger partial charge on any atom is -0.381 e. The normalized spacial score (nSPS) is 34.7. The number of fused-ring (bicyclic) bond motifs is 1. The lowest BCUT2D eigenvalue weighted by Gasteiger charge is -2.41. The minimum atomic E-state index is 0.140. The Labute approximate surface area is 127 Å². The van der Waals surface area contributed by atoms with Gasteiger partial charge in [-0.25, -0.2) is 0 Å². The van der Waals surface area contributed by atoms with Crippen molar-refractivity contribution >= 4 is 5.91 Å². The van der Waals surface area contributed by atoms with Gasteiger partial charge in [-0.3, -0.25) is 9.69 Å². The van der Waals surface area contributed by atoms with Crippen molar-refractivity contribution in [2.75, 3.05) is 47.0 Å². The Bertz CT molecular complexity index is 369. The molecule has 3 atom stereocenters. The van der Waals surface area contributed by atoms with E-state index in [4.69, 9.17) is 9.47 Å². The van der Waals surface area contributed by atoms with Crippen LogP contribution < -0.4 is 0 Å². The fourth-order valence-electron chi connectivity index (χ4n) is 4.06. The second-order valence-corrected chi connectivity index (χ2v) is 6.92. The molecule has 3 aliphatic heterocycles. The highest BCUT2D eigenvalue weighted by molar-refractivity contribution is 5.76. The number of amides is 1. The van der Waals surface area contributed by atoms with Gasteiger partial charge in [0.15, 0.2) is 0 Å². The summed E-state index contributed by atoms with van der Waals surface area (Å²) in [6, 6.07) is 0.696. The summed E-state index contributed by atoms with van der Waals surface area (Å²) in [5.74, 6) is 1.37. The zero-order valence-electron chi connectivity index (χ0n) is 13.3. The van der Waals surface area contributed by atoms with E-state index in [0.29, 0.717) is 24.3 Å². The fourth-order valence-corrected chi connectivity index (χ4v) is 4.06. The lowest BCUT2D eigenvalue weighted by atomic mass is 9.82. The zero-order chi connectivity index (χ0) is 14.8. The average molecular weight is 296 g/mol. The van der Waals surface area contributed by atoms with E-state index in [0.717, 1.165) is 32.9 Å². The molecule has 3 rings (SSSR count). The van der Waals surface area contributed by atoms with E-state index in [-0.39, 0.29) is 12.0 Å². The molecule has 0 radical (unpaired) electrons. The molecule has 1 amide bonds. The summed E-state index contributed by atoms with van der Waals surface area (Å²) >= 11 is 0. The van der Waals surface area contributed by atoms with Crippen LogP contribution in [-0.2, 0) is 14.3 Å². The first-order chi connectivity index (χ1) is 10.1. The first-order valence-electron chi connectivity index (χ1n) is 8.28. The van der Waals surface area contributed by atoms with Gasteiger partial charge in [-0.2, -0.15) is 0 Å². The Kier molecular flexibility index (Phi) is 4.82. The third kappa shape index (κ3) is 3.41. The molecule has 0 aliphatic carbocycles. The number of hydrogen-bond donors (Lipinski definition) is 0. The van der Waals surface area contributed by atoms with E-state index < -0.39 is 0 Å². The number of likely N-dealkylation sites (tertiary alicyclic amines) is 1. The van der Waals surface area contributed by atoms with E-state index in [1.807, 2.05) is 14.1 Å². The van der Waals surface area contributed by atoms with Crippen LogP contribution in [0, 0.1) is 11.8 Å². The predicted octanol–water partition coefficient (Wildman–Crippen LogP) is 0.981. The standard InChI is InChI=1S/C16H28N2O3/c1-17(2)16(19)9-15-14-3-6-18(10-12(14)11-21-15)13-4-7-20-8-5-13/h12-15H,3-11H2,1-2H3/t12-,14-,15-/m1/s1. The summed E-state index contributed by atoms with van der Waals surface area (Å²) in [6.07, 6.45) is 4.20. The van der Waals surface area contributed by atoms with Crippen molar-refractivity contribution in [3.63, 3.8) is 0 Å². The van der Waals surface area contributed by atoms with Gasteiger partial charge in [0.1, 0.15) is 0 Å². The number of carbonyl (C=O) groups excluding carboxylic acids is 1. The maximum Gasteiger partial charge on any atom is 0.224 e. The number of piperidine rings is 1. The largest absolute Gasteiger partial charge is 0.381 e. The molecule has 0 aromatic carbocycles. The zero-order valence-corrected chi connectivity index (χ0v) is 13.3. The Morgan fingerprint density at radius 1 is 1.24 bits per heavy atom. The maximum atomic E-state index is 11.9. The van der Waals surface area contributed by atoms with Crippen molar-refractivity contribution in [2.24, 2.45) is 11.8 Å². The quantitative estimate of drug-likeness (QED) is 0.778. The smallest absolute Gasteiger partial charge is 0.224 e. The molecule has 0 aromatic rings.